The molecular weight excluding hydrogens is 298 g/mol. The van der Waals surface area contributed by atoms with E-state index in [1.165, 1.54) is 30.5 Å². The van der Waals surface area contributed by atoms with E-state index in [1.807, 2.05) is 13.0 Å². The van der Waals surface area contributed by atoms with Crippen LogP contribution in [-0.4, -0.2) is 25.0 Å². The van der Waals surface area contributed by atoms with Crippen molar-refractivity contribution < 1.29 is 4.79 Å². The van der Waals surface area contributed by atoms with Crippen molar-refractivity contribution in [3.8, 4) is 0 Å². The number of benzene rings is 1. The van der Waals surface area contributed by atoms with Gasteiger partial charge in [0, 0.05) is 25.3 Å². The Bertz CT molecular complexity index is 461. The lowest BCUT2D eigenvalue weighted by atomic mass is 10.1. The Morgan fingerprint density at radius 2 is 1.95 bits per heavy atom. The van der Waals surface area contributed by atoms with E-state index in [-0.39, 0.29) is 18.3 Å². The highest BCUT2D eigenvalue weighted by Gasteiger charge is 2.16. The zero-order chi connectivity index (χ0) is 15.1. The minimum atomic E-state index is -0.392. The number of hydrogen-bond acceptors (Lipinski definition) is 3. The Morgan fingerprint density at radius 1 is 1.27 bits per heavy atom. The van der Waals surface area contributed by atoms with Gasteiger partial charge in [0.15, 0.2) is 0 Å². The van der Waals surface area contributed by atoms with Crippen molar-refractivity contribution in [3.63, 3.8) is 0 Å². The molecule has 0 spiro atoms. The largest absolute Gasteiger partial charge is 0.371 e. The highest BCUT2D eigenvalue weighted by Crippen LogP contribution is 2.23. The highest BCUT2D eigenvalue weighted by atomic mass is 35.5. The third-order valence-electron chi connectivity index (χ3n) is 4.08. The molecule has 0 aliphatic carbocycles. The molecule has 22 heavy (non-hydrogen) atoms. The van der Waals surface area contributed by atoms with E-state index >= 15 is 0 Å². The summed E-state index contributed by atoms with van der Waals surface area (Å²) < 4.78 is 0. The maximum Gasteiger partial charge on any atom is 0.237 e. The number of hydrogen-bond donors (Lipinski definition) is 2. The lowest BCUT2D eigenvalue weighted by Crippen LogP contribution is -2.40. The lowest BCUT2D eigenvalue weighted by Gasteiger charge is -2.30. The second-order valence-corrected chi connectivity index (χ2v) is 5.79. The molecule has 1 aromatic carbocycles. The van der Waals surface area contributed by atoms with E-state index in [0.717, 1.165) is 25.9 Å². The van der Waals surface area contributed by atoms with Crippen molar-refractivity contribution in [3.05, 3.63) is 29.8 Å². The standard InChI is InChI=1S/C17H27N3O.ClH/c1-2-8-15(18)17(21)19-13-14-9-4-5-10-16(14)20-11-6-3-7-12-20;/h4-5,9-10,15H,2-3,6-8,11-13,18H2,1H3,(H,19,21);1H. The predicted octanol–water partition coefficient (Wildman–Crippen LogP) is 2.84. The molecule has 0 aromatic heterocycles. The zero-order valence-corrected chi connectivity index (χ0v) is 14.2. The minimum Gasteiger partial charge on any atom is -0.371 e. The summed E-state index contributed by atoms with van der Waals surface area (Å²) in [5.41, 5.74) is 8.28. The third kappa shape index (κ3) is 5.18. The molecule has 3 N–H and O–H groups in total. The molecule has 0 radical (unpaired) electrons. The third-order valence-corrected chi connectivity index (χ3v) is 4.08. The van der Waals surface area contributed by atoms with E-state index in [2.05, 4.69) is 28.4 Å². The van der Waals surface area contributed by atoms with Crippen LogP contribution in [0.3, 0.4) is 0 Å². The maximum absolute atomic E-state index is 11.9. The molecule has 1 aliphatic heterocycles. The number of amides is 1. The number of carbonyl (C=O) groups excluding carboxylic acids is 1. The fourth-order valence-electron chi connectivity index (χ4n) is 2.86. The van der Waals surface area contributed by atoms with Crippen LogP contribution >= 0.6 is 12.4 Å². The van der Waals surface area contributed by atoms with E-state index < -0.39 is 6.04 Å². The van der Waals surface area contributed by atoms with Crippen LogP contribution in [0, 0.1) is 0 Å². The smallest absolute Gasteiger partial charge is 0.237 e. The summed E-state index contributed by atoms with van der Waals surface area (Å²) in [7, 11) is 0. The topological polar surface area (TPSA) is 58.4 Å². The maximum atomic E-state index is 11.9. The average molecular weight is 326 g/mol. The molecule has 1 atom stereocenters. The predicted molar refractivity (Wildman–Crippen MR) is 94.5 cm³/mol. The number of anilines is 1. The van der Waals surface area contributed by atoms with Crippen molar-refractivity contribution in [2.75, 3.05) is 18.0 Å². The first-order valence-electron chi connectivity index (χ1n) is 8.08. The minimum absolute atomic E-state index is 0. The van der Waals surface area contributed by atoms with Crippen LogP contribution in [0.1, 0.15) is 44.6 Å². The van der Waals surface area contributed by atoms with E-state index in [9.17, 15) is 4.79 Å². The molecule has 1 saturated heterocycles. The molecule has 1 fully saturated rings. The second-order valence-electron chi connectivity index (χ2n) is 5.79. The fourth-order valence-corrected chi connectivity index (χ4v) is 2.86. The molecule has 0 bridgehead atoms. The molecule has 4 nitrogen and oxygen atoms in total. The van der Waals surface area contributed by atoms with Crippen LogP contribution in [0.4, 0.5) is 5.69 Å². The summed E-state index contributed by atoms with van der Waals surface area (Å²) in [5.74, 6) is -0.0507. The molecule has 1 aliphatic rings. The Labute approximate surface area is 139 Å². The quantitative estimate of drug-likeness (QED) is 0.845. The number of nitrogens with two attached hydrogens (primary N) is 1. The summed E-state index contributed by atoms with van der Waals surface area (Å²) in [5, 5.41) is 2.97. The van der Waals surface area contributed by atoms with Crippen LogP contribution < -0.4 is 16.0 Å². The SMILES string of the molecule is CCCC(N)C(=O)NCc1ccccc1N1CCCCC1.Cl. The van der Waals surface area contributed by atoms with Crippen LogP contribution in [0.2, 0.25) is 0 Å². The average Bonchev–Trinajstić information content (AvgIpc) is 2.54. The molecule has 2 rings (SSSR count). The summed E-state index contributed by atoms with van der Waals surface area (Å²) in [6, 6.07) is 7.95. The van der Waals surface area contributed by atoms with Gasteiger partial charge in [0.25, 0.3) is 0 Å². The monoisotopic (exact) mass is 325 g/mol. The molecule has 0 saturated carbocycles. The lowest BCUT2D eigenvalue weighted by molar-refractivity contribution is -0.122. The Balaban J connectivity index is 0.00000242. The van der Waals surface area contributed by atoms with Crippen molar-refractivity contribution in [2.45, 2.75) is 51.6 Å². The van der Waals surface area contributed by atoms with Crippen molar-refractivity contribution in [1.29, 1.82) is 0 Å². The van der Waals surface area contributed by atoms with Gasteiger partial charge in [0.05, 0.1) is 6.04 Å². The molecule has 1 heterocycles. The van der Waals surface area contributed by atoms with Gasteiger partial charge in [-0.2, -0.15) is 0 Å². The Kier molecular flexibility index (Phi) is 8.28. The normalized spacial score (nSPS) is 15.8. The van der Waals surface area contributed by atoms with Crippen LogP contribution in [0.25, 0.3) is 0 Å². The highest BCUT2D eigenvalue weighted by molar-refractivity contribution is 5.85. The van der Waals surface area contributed by atoms with Gasteiger partial charge < -0.3 is 16.0 Å². The second kappa shape index (κ2) is 9.70. The number of nitrogens with zero attached hydrogens (tertiary/aromatic N) is 1. The van der Waals surface area contributed by atoms with Crippen molar-refractivity contribution in [1.82, 2.24) is 5.32 Å². The zero-order valence-electron chi connectivity index (χ0n) is 13.4. The van der Waals surface area contributed by atoms with Crippen LogP contribution in [0.5, 0.6) is 0 Å². The molecule has 1 unspecified atom stereocenters. The Hall–Kier alpha value is -1.26. The van der Waals surface area contributed by atoms with Gasteiger partial charge in [-0.3, -0.25) is 4.79 Å². The number of nitrogens with one attached hydrogen (secondary N) is 1. The van der Waals surface area contributed by atoms with E-state index in [0.29, 0.717) is 6.54 Å². The summed E-state index contributed by atoms with van der Waals surface area (Å²) in [6.07, 6.45) is 5.49. The summed E-state index contributed by atoms with van der Waals surface area (Å²) in [4.78, 5) is 14.4. The van der Waals surface area contributed by atoms with Gasteiger partial charge >= 0.3 is 0 Å². The van der Waals surface area contributed by atoms with Gasteiger partial charge in [0.2, 0.25) is 5.91 Å². The first-order chi connectivity index (χ1) is 10.2. The van der Waals surface area contributed by atoms with Crippen molar-refractivity contribution >= 4 is 24.0 Å². The van der Waals surface area contributed by atoms with Crippen LogP contribution in [0.15, 0.2) is 24.3 Å². The number of rotatable bonds is 6. The molecular formula is C17H28ClN3O. The molecule has 1 aromatic rings. The first-order valence-corrected chi connectivity index (χ1v) is 8.08. The number of carbonyl (C=O) groups is 1. The number of para-hydroxylation sites is 1. The summed E-state index contributed by atoms with van der Waals surface area (Å²) >= 11 is 0. The van der Waals surface area contributed by atoms with Gasteiger partial charge in [-0.1, -0.05) is 31.5 Å². The fraction of sp³-hybridized carbons (Fsp3) is 0.588. The van der Waals surface area contributed by atoms with Gasteiger partial charge in [-0.25, -0.2) is 0 Å². The van der Waals surface area contributed by atoms with Gasteiger partial charge in [-0.15, -0.1) is 12.4 Å². The molecule has 1 amide bonds. The van der Waals surface area contributed by atoms with Gasteiger partial charge in [0.1, 0.15) is 0 Å². The Morgan fingerprint density at radius 3 is 2.64 bits per heavy atom. The van der Waals surface area contributed by atoms with Crippen molar-refractivity contribution in [2.24, 2.45) is 5.73 Å². The molecule has 5 heteroatoms. The number of halogens is 1. The number of piperidine rings is 1. The first kappa shape index (κ1) is 18.8. The van der Waals surface area contributed by atoms with E-state index in [1.54, 1.807) is 0 Å². The van der Waals surface area contributed by atoms with Crippen LogP contribution in [-0.2, 0) is 11.3 Å². The van der Waals surface area contributed by atoms with E-state index in [4.69, 9.17) is 5.73 Å². The van der Waals surface area contributed by atoms with Gasteiger partial charge in [-0.05, 0) is 37.3 Å². The molecule has 124 valence electrons. The summed E-state index contributed by atoms with van der Waals surface area (Å²) in [6.45, 7) is 4.82.